The maximum Gasteiger partial charge on any atom is 0.342 e. The van der Waals surface area contributed by atoms with Crippen molar-refractivity contribution in [1.82, 2.24) is 5.43 Å². The van der Waals surface area contributed by atoms with E-state index >= 15 is 0 Å². The van der Waals surface area contributed by atoms with Gasteiger partial charge in [-0.25, -0.2) is 19.7 Å². The molecule has 0 fully saturated rings. The van der Waals surface area contributed by atoms with Crippen LogP contribution in [0.1, 0.15) is 25.7 Å². The summed E-state index contributed by atoms with van der Waals surface area (Å²) in [4.78, 5) is 41.7. The van der Waals surface area contributed by atoms with Gasteiger partial charge >= 0.3 is 11.9 Å². The van der Waals surface area contributed by atoms with Crippen LogP contribution in [0, 0.1) is 10.1 Å². The predicted octanol–water partition coefficient (Wildman–Crippen LogP) is -3.36. The van der Waals surface area contributed by atoms with E-state index in [1.54, 1.807) is 5.43 Å². The zero-order valence-electron chi connectivity index (χ0n) is 14.2. The molecule has 0 aliphatic carbocycles. The van der Waals surface area contributed by atoms with Crippen molar-refractivity contribution in [2.24, 2.45) is 38.7 Å². The van der Waals surface area contributed by atoms with Crippen LogP contribution in [0.3, 0.4) is 0 Å². The average molecular weight is 375 g/mol. The normalized spacial score (nSPS) is 12.3. The molecule has 0 saturated carbocycles. The monoisotopic (exact) mass is 375 g/mol. The minimum atomic E-state index is -1.35. The summed E-state index contributed by atoms with van der Waals surface area (Å²) >= 11 is 0. The summed E-state index contributed by atoms with van der Waals surface area (Å²) in [5.74, 6) is -2.35. The molecule has 0 aliphatic heterocycles. The number of ether oxygens (including phenoxy) is 1. The number of nitrogens with two attached hydrogens (primary N) is 5. The molecule has 0 heterocycles. The van der Waals surface area contributed by atoms with Crippen molar-refractivity contribution in [2.45, 2.75) is 37.8 Å². The van der Waals surface area contributed by atoms with E-state index in [2.05, 4.69) is 14.7 Å². The van der Waals surface area contributed by atoms with E-state index in [9.17, 15) is 19.7 Å². The number of carbonyl (C=O) groups is 2. The highest BCUT2D eigenvalue weighted by molar-refractivity contribution is 5.90. The first-order valence-corrected chi connectivity index (χ1v) is 7.66. The first-order chi connectivity index (χ1) is 12.1. The fourth-order valence-corrected chi connectivity index (χ4v) is 1.75. The Morgan fingerprint density at radius 1 is 1.00 bits per heavy atom. The Labute approximate surface area is 149 Å². The van der Waals surface area contributed by atoms with Gasteiger partial charge in [0.15, 0.2) is 23.0 Å². The summed E-state index contributed by atoms with van der Waals surface area (Å²) in [7, 11) is 0. The highest BCUT2D eigenvalue weighted by atomic mass is 16.7. The lowest BCUT2D eigenvalue weighted by molar-refractivity contribution is -0.549. The highest BCUT2D eigenvalue weighted by Crippen LogP contribution is 2.04. The molecule has 0 aromatic rings. The molecule has 14 heteroatoms. The lowest BCUT2D eigenvalue weighted by atomic mass is 10.1. The number of hydrazine groups is 1. The summed E-state index contributed by atoms with van der Waals surface area (Å²) in [5, 5.41) is 9.67. The van der Waals surface area contributed by atoms with Crippen LogP contribution in [0.15, 0.2) is 9.98 Å². The standard InChI is InChI=1S/C12H25N9O5/c13-7(3-1-5-18-11(14)15)9(22)26-10(23)8(20-21(24)25)4-2-6-19-12(16)17/h7-8,20H,1-6,13H2,(H4,14,15,18)(H4,16,17,19)/t7-,8-/m0/s1. The van der Waals surface area contributed by atoms with Crippen molar-refractivity contribution in [1.29, 1.82) is 0 Å². The zero-order valence-corrected chi connectivity index (χ0v) is 14.2. The summed E-state index contributed by atoms with van der Waals surface area (Å²) in [6.07, 6.45) is 0.777. The van der Waals surface area contributed by atoms with Gasteiger partial charge in [0.25, 0.3) is 0 Å². The molecule has 0 rings (SSSR count). The lowest BCUT2D eigenvalue weighted by Gasteiger charge is -2.14. The number of esters is 2. The van der Waals surface area contributed by atoms with Crippen LogP contribution in [0.4, 0.5) is 0 Å². The van der Waals surface area contributed by atoms with Gasteiger partial charge in [0.05, 0.1) is 0 Å². The first kappa shape index (κ1) is 22.8. The fraction of sp³-hybridized carbons (Fsp3) is 0.667. The van der Waals surface area contributed by atoms with Crippen LogP contribution < -0.4 is 34.1 Å². The molecule has 0 aromatic heterocycles. The molecular weight excluding hydrogens is 350 g/mol. The molecule has 0 unspecified atom stereocenters. The van der Waals surface area contributed by atoms with E-state index in [1.165, 1.54) is 0 Å². The number of guanidine groups is 2. The predicted molar refractivity (Wildman–Crippen MR) is 92.8 cm³/mol. The van der Waals surface area contributed by atoms with Crippen molar-refractivity contribution in [3.8, 4) is 0 Å². The molecule has 0 bridgehead atoms. The largest absolute Gasteiger partial charge is 0.390 e. The van der Waals surface area contributed by atoms with Crippen molar-refractivity contribution < 1.29 is 19.4 Å². The van der Waals surface area contributed by atoms with Crippen molar-refractivity contribution >= 4 is 23.9 Å². The molecule has 0 spiro atoms. The molecule has 0 aliphatic rings. The summed E-state index contributed by atoms with van der Waals surface area (Å²) in [6.45, 7) is 0.414. The molecule has 0 saturated heterocycles. The quantitative estimate of drug-likeness (QED) is 0.0373. The second-order valence-electron chi connectivity index (χ2n) is 5.18. The van der Waals surface area contributed by atoms with Crippen LogP contribution in [0.25, 0.3) is 0 Å². The lowest BCUT2D eigenvalue weighted by Crippen LogP contribution is -2.44. The van der Waals surface area contributed by atoms with E-state index in [-0.39, 0.29) is 44.3 Å². The third kappa shape index (κ3) is 11.4. The molecule has 0 radical (unpaired) electrons. The fourth-order valence-electron chi connectivity index (χ4n) is 1.75. The molecule has 148 valence electrons. The van der Waals surface area contributed by atoms with Crippen LogP contribution in [0.2, 0.25) is 0 Å². The Morgan fingerprint density at radius 2 is 1.50 bits per heavy atom. The Kier molecular flexibility index (Phi) is 10.8. The highest BCUT2D eigenvalue weighted by Gasteiger charge is 2.28. The zero-order chi connectivity index (χ0) is 20.1. The molecular formula is C12H25N9O5. The molecule has 0 aromatic carbocycles. The minimum Gasteiger partial charge on any atom is -0.390 e. The van der Waals surface area contributed by atoms with Crippen LogP contribution in [-0.4, -0.2) is 54.1 Å². The number of rotatable bonds is 12. The van der Waals surface area contributed by atoms with E-state index in [0.717, 1.165) is 0 Å². The number of aliphatic imine (C=N–C) groups is 2. The van der Waals surface area contributed by atoms with Crippen molar-refractivity contribution in [3.05, 3.63) is 10.1 Å². The molecule has 11 N–H and O–H groups in total. The van der Waals surface area contributed by atoms with Gasteiger partial charge in [-0.05, 0) is 25.7 Å². The van der Waals surface area contributed by atoms with Crippen LogP contribution in [-0.2, 0) is 14.3 Å². The number of nitro groups is 1. The maximum atomic E-state index is 11.9. The van der Waals surface area contributed by atoms with E-state index in [0.29, 0.717) is 6.42 Å². The summed E-state index contributed by atoms with van der Waals surface area (Å²) in [5.41, 5.74) is 28.0. The van der Waals surface area contributed by atoms with Gasteiger partial charge in [0.2, 0.25) is 0 Å². The van der Waals surface area contributed by atoms with Gasteiger partial charge in [0.1, 0.15) is 6.04 Å². The minimum absolute atomic E-state index is 0.0242. The molecule has 14 nitrogen and oxygen atoms in total. The van der Waals surface area contributed by atoms with Crippen LogP contribution in [0.5, 0.6) is 0 Å². The van der Waals surface area contributed by atoms with Crippen molar-refractivity contribution in [3.63, 3.8) is 0 Å². The van der Waals surface area contributed by atoms with Gasteiger partial charge in [-0.15, -0.1) is 5.43 Å². The number of hydrogen-bond acceptors (Lipinski definition) is 8. The Morgan fingerprint density at radius 3 is 1.96 bits per heavy atom. The smallest absolute Gasteiger partial charge is 0.342 e. The summed E-state index contributed by atoms with van der Waals surface area (Å²) < 4.78 is 4.59. The summed E-state index contributed by atoms with van der Waals surface area (Å²) in [6, 6.07) is -2.44. The number of carbonyl (C=O) groups excluding carboxylic acids is 2. The number of nitrogens with zero attached hydrogens (tertiary/aromatic N) is 3. The van der Waals surface area contributed by atoms with E-state index in [4.69, 9.17) is 28.7 Å². The third-order valence-corrected chi connectivity index (χ3v) is 2.96. The number of hydrogen-bond donors (Lipinski definition) is 6. The third-order valence-electron chi connectivity index (χ3n) is 2.96. The van der Waals surface area contributed by atoms with Gasteiger partial charge in [-0.1, -0.05) is 0 Å². The molecule has 26 heavy (non-hydrogen) atoms. The molecule has 0 amide bonds. The maximum absolute atomic E-state index is 11.9. The SMILES string of the molecule is NC(N)=NCCC[C@H](N[N+](=O)[O-])C(=O)OC(=O)[C@@H](N)CCCN=C(N)N. The van der Waals surface area contributed by atoms with Gasteiger partial charge in [-0.3, -0.25) is 9.98 Å². The van der Waals surface area contributed by atoms with E-state index in [1.807, 2.05) is 0 Å². The Bertz CT molecular complexity index is 543. The Hall–Kier alpha value is -3.16. The van der Waals surface area contributed by atoms with Crippen molar-refractivity contribution in [2.75, 3.05) is 13.1 Å². The first-order valence-electron chi connectivity index (χ1n) is 7.66. The molecule has 2 atom stereocenters. The number of nitrogens with one attached hydrogen (secondary N) is 1. The van der Waals surface area contributed by atoms with E-state index < -0.39 is 29.1 Å². The van der Waals surface area contributed by atoms with Gasteiger partial charge in [0, 0.05) is 13.1 Å². The van der Waals surface area contributed by atoms with Gasteiger partial charge < -0.3 is 33.4 Å². The van der Waals surface area contributed by atoms with Crippen LogP contribution >= 0.6 is 0 Å². The average Bonchev–Trinajstić information content (AvgIpc) is 2.53. The topological polar surface area (TPSA) is 253 Å². The van der Waals surface area contributed by atoms with Gasteiger partial charge in [-0.2, -0.15) is 0 Å². The Balaban J connectivity index is 4.50. The second-order valence-corrected chi connectivity index (χ2v) is 5.18. The second kappa shape index (κ2) is 12.2.